The first-order valence-electron chi connectivity index (χ1n) is 6.31. The highest BCUT2D eigenvalue weighted by Crippen LogP contribution is 2.28. The molecule has 1 aromatic heterocycles. The van der Waals surface area contributed by atoms with Gasteiger partial charge in [0.25, 0.3) is 0 Å². The van der Waals surface area contributed by atoms with Crippen molar-refractivity contribution < 1.29 is 4.42 Å². The number of hydrogen-bond donors (Lipinski definition) is 1. The maximum atomic E-state index is 6.21. The molecule has 0 aliphatic heterocycles. The third-order valence-electron chi connectivity index (χ3n) is 3.26. The molecule has 2 N–H and O–H groups in total. The molecule has 1 atom stereocenters. The predicted octanol–water partition coefficient (Wildman–Crippen LogP) is 4.98. The summed E-state index contributed by atoms with van der Waals surface area (Å²) in [5, 5.41) is 2.37. The quantitative estimate of drug-likeness (QED) is 0.741. The number of furan rings is 1. The van der Waals surface area contributed by atoms with Crippen LogP contribution in [0.5, 0.6) is 0 Å². The summed E-state index contributed by atoms with van der Waals surface area (Å²) in [5.74, 6) is 0.738. The maximum Gasteiger partial charge on any atom is 0.134 e. The fourth-order valence-electron chi connectivity index (χ4n) is 2.22. The Morgan fingerprint density at radius 2 is 1.85 bits per heavy atom. The Labute approximate surface area is 127 Å². The second kappa shape index (κ2) is 5.49. The lowest BCUT2D eigenvalue weighted by Crippen LogP contribution is -2.12. The molecule has 0 saturated carbocycles. The molecule has 2 nitrogen and oxygen atoms in total. The van der Waals surface area contributed by atoms with Crippen LogP contribution in [-0.4, -0.2) is 0 Å². The van der Waals surface area contributed by atoms with Crippen LogP contribution in [0, 0.1) is 0 Å². The smallest absolute Gasteiger partial charge is 0.134 e. The molecular formula is C16H13Cl2NO. The SMILES string of the molecule is NC(Cc1ccccc1Cl)c1cc2cc(Cl)ccc2o1. The van der Waals surface area contributed by atoms with Crippen molar-refractivity contribution in [2.75, 3.05) is 0 Å². The first kappa shape index (κ1) is 13.5. The first-order valence-corrected chi connectivity index (χ1v) is 7.07. The lowest BCUT2D eigenvalue weighted by atomic mass is 10.0. The summed E-state index contributed by atoms with van der Waals surface area (Å²) < 4.78 is 5.77. The summed E-state index contributed by atoms with van der Waals surface area (Å²) in [6.45, 7) is 0. The minimum absolute atomic E-state index is 0.235. The lowest BCUT2D eigenvalue weighted by molar-refractivity contribution is 0.494. The van der Waals surface area contributed by atoms with Crippen LogP contribution in [0.25, 0.3) is 11.0 Å². The summed E-state index contributed by atoms with van der Waals surface area (Å²) in [4.78, 5) is 0. The van der Waals surface area contributed by atoms with E-state index in [1.807, 2.05) is 42.5 Å². The number of benzene rings is 2. The molecular weight excluding hydrogens is 293 g/mol. The zero-order chi connectivity index (χ0) is 14.1. The normalized spacial score (nSPS) is 12.8. The van der Waals surface area contributed by atoms with E-state index in [1.165, 1.54) is 0 Å². The number of nitrogens with two attached hydrogens (primary N) is 1. The third kappa shape index (κ3) is 2.68. The van der Waals surface area contributed by atoms with Crippen molar-refractivity contribution >= 4 is 34.2 Å². The molecule has 0 spiro atoms. The van der Waals surface area contributed by atoms with Gasteiger partial charge in [0.15, 0.2) is 0 Å². The van der Waals surface area contributed by atoms with E-state index >= 15 is 0 Å². The van der Waals surface area contributed by atoms with E-state index in [1.54, 1.807) is 6.07 Å². The van der Waals surface area contributed by atoms with Gasteiger partial charge in [-0.25, -0.2) is 0 Å². The Morgan fingerprint density at radius 1 is 1.05 bits per heavy atom. The number of rotatable bonds is 3. The van der Waals surface area contributed by atoms with Crippen molar-refractivity contribution in [1.82, 2.24) is 0 Å². The Balaban J connectivity index is 1.89. The van der Waals surface area contributed by atoms with Crippen LogP contribution in [0.15, 0.2) is 52.9 Å². The van der Waals surface area contributed by atoms with Crippen molar-refractivity contribution in [1.29, 1.82) is 0 Å². The molecule has 2 aromatic carbocycles. The molecule has 0 fully saturated rings. The van der Waals surface area contributed by atoms with Gasteiger partial charge in [-0.05, 0) is 42.3 Å². The van der Waals surface area contributed by atoms with E-state index in [0.29, 0.717) is 11.4 Å². The molecule has 0 amide bonds. The summed E-state index contributed by atoms with van der Waals surface area (Å²) in [6.07, 6.45) is 0.632. The van der Waals surface area contributed by atoms with E-state index in [2.05, 4.69) is 0 Å². The standard InChI is InChI=1S/C16H13Cl2NO/c17-12-5-6-15-11(7-12)9-16(20-15)14(19)8-10-3-1-2-4-13(10)18/h1-7,9,14H,8,19H2. The van der Waals surface area contributed by atoms with E-state index in [0.717, 1.165) is 27.3 Å². The number of fused-ring (bicyclic) bond motifs is 1. The van der Waals surface area contributed by atoms with Gasteiger partial charge in [0.05, 0.1) is 6.04 Å². The summed E-state index contributed by atoms with van der Waals surface area (Å²) in [7, 11) is 0. The molecule has 20 heavy (non-hydrogen) atoms. The monoisotopic (exact) mass is 305 g/mol. The van der Waals surface area contributed by atoms with E-state index in [9.17, 15) is 0 Å². The molecule has 1 unspecified atom stereocenters. The molecule has 0 bridgehead atoms. The topological polar surface area (TPSA) is 39.2 Å². The fraction of sp³-hybridized carbons (Fsp3) is 0.125. The zero-order valence-corrected chi connectivity index (χ0v) is 12.2. The lowest BCUT2D eigenvalue weighted by Gasteiger charge is -2.09. The van der Waals surface area contributed by atoms with Gasteiger partial charge < -0.3 is 10.2 Å². The summed E-state index contributed by atoms with van der Waals surface area (Å²) in [5.41, 5.74) is 8.02. The number of hydrogen-bond acceptors (Lipinski definition) is 2. The van der Waals surface area contributed by atoms with Gasteiger partial charge in [0.2, 0.25) is 0 Å². The average molecular weight is 306 g/mol. The highest BCUT2D eigenvalue weighted by atomic mass is 35.5. The van der Waals surface area contributed by atoms with Crippen LogP contribution in [0.1, 0.15) is 17.4 Å². The van der Waals surface area contributed by atoms with E-state index in [4.69, 9.17) is 33.4 Å². The van der Waals surface area contributed by atoms with Crippen LogP contribution in [-0.2, 0) is 6.42 Å². The van der Waals surface area contributed by atoms with Gasteiger partial charge in [0, 0.05) is 15.4 Å². The molecule has 1 heterocycles. The minimum Gasteiger partial charge on any atom is -0.459 e. The van der Waals surface area contributed by atoms with Crippen molar-refractivity contribution in [3.05, 3.63) is 69.9 Å². The number of halogens is 2. The molecule has 3 aromatic rings. The van der Waals surface area contributed by atoms with Gasteiger partial charge in [-0.1, -0.05) is 41.4 Å². The van der Waals surface area contributed by atoms with Gasteiger partial charge >= 0.3 is 0 Å². The van der Waals surface area contributed by atoms with Gasteiger partial charge in [-0.3, -0.25) is 0 Å². The average Bonchev–Trinajstić information content (AvgIpc) is 2.84. The second-order valence-electron chi connectivity index (χ2n) is 4.73. The summed E-state index contributed by atoms with van der Waals surface area (Å²) >= 11 is 12.1. The minimum atomic E-state index is -0.235. The van der Waals surface area contributed by atoms with Crippen LogP contribution in [0.4, 0.5) is 0 Å². The molecule has 0 radical (unpaired) electrons. The van der Waals surface area contributed by atoms with Crippen molar-refractivity contribution in [2.45, 2.75) is 12.5 Å². The second-order valence-corrected chi connectivity index (χ2v) is 5.58. The highest BCUT2D eigenvalue weighted by molar-refractivity contribution is 6.31. The highest BCUT2D eigenvalue weighted by Gasteiger charge is 2.14. The Bertz CT molecular complexity index is 751. The Hall–Kier alpha value is -1.48. The van der Waals surface area contributed by atoms with Crippen LogP contribution < -0.4 is 5.73 Å². The molecule has 4 heteroatoms. The van der Waals surface area contributed by atoms with Crippen molar-refractivity contribution in [3.8, 4) is 0 Å². The first-order chi connectivity index (χ1) is 9.63. The van der Waals surface area contributed by atoms with Crippen molar-refractivity contribution in [2.24, 2.45) is 5.73 Å². The van der Waals surface area contributed by atoms with Crippen molar-refractivity contribution in [3.63, 3.8) is 0 Å². The Kier molecular flexibility index (Phi) is 3.70. The third-order valence-corrected chi connectivity index (χ3v) is 3.86. The van der Waals surface area contributed by atoms with Gasteiger partial charge in [0.1, 0.15) is 11.3 Å². The zero-order valence-electron chi connectivity index (χ0n) is 10.6. The van der Waals surface area contributed by atoms with Crippen LogP contribution in [0.2, 0.25) is 10.0 Å². The van der Waals surface area contributed by atoms with E-state index in [-0.39, 0.29) is 6.04 Å². The molecule has 102 valence electrons. The maximum absolute atomic E-state index is 6.21. The van der Waals surface area contributed by atoms with Gasteiger partial charge in [-0.15, -0.1) is 0 Å². The molecule has 0 aliphatic rings. The fourth-order valence-corrected chi connectivity index (χ4v) is 2.61. The molecule has 3 rings (SSSR count). The van der Waals surface area contributed by atoms with Crippen LogP contribution >= 0.6 is 23.2 Å². The van der Waals surface area contributed by atoms with E-state index < -0.39 is 0 Å². The molecule has 0 saturated heterocycles. The molecule has 0 aliphatic carbocycles. The largest absolute Gasteiger partial charge is 0.459 e. The van der Waals surface area contributed by atoms with Crippen LogP contribution in [0.3, 0.4) is 0 Å². The summed E-state index contributed by atoms with van der Waals surface area (Å²) in [6, 6.07) is 14.9. The van der Waals surface area contributed by atoms with Gasteiger partial charge in [-0.2, -0.15) is 0 Å². The predicted molar refractivity (Wildman–Crippen MR) is 83.3 cm³/mol. The Morgan fingerprint density at radius 3 is 2.65 bits per heavy atom.